The minimum absolute atomic E-state index is 0.00959. The number of hydrogen-bond acceptors (Lipinski definition) is 3. The average molecular weight is 296 g/mol. The highest BCUT2D eigenvalue weighted by Gasteiger charge is 2.11. The molecule has 0 radical (unpaired) electrons. The Kier molecular flexibility index (Phi) is 4.47. The smallest absolute Gasteiger partial charge is 0.142 e. The van der Waals surface area contributed by atoms with Crippen LogP contribution >= 0.6 is 11.6 Å². The Bertz CT molecular complexity index is 632. The van der Waals surface area contributed by atoms with Crippen molar-refractivity contribution in [2.75, 3.05) is 7.05 Å². The van der Waals surface area contributed by atoms with E-state index in [-0.39, 0.29) is 10.8 Å². The van der Waals surface area contributed by atoms with Gasteiger partial charge in [-0.1, -0.05) is 11.6 Å². The molecule has 2 aromatic rings. The number of rotatable bonds is 4. The molecule has 0 heterocycles. The number of aromatic hydroxyl groups is 1. The van der Waals surface area contributed by atoms with E-state index in [1.54, 1.807) is 32.2 Å². The molecule has 0 saturated heterocycles. The molecule has 0 fully saturated rings. The number of phenols is 1. The summed E-state index contributed by atoms with van der Waals surface area (Å²) in [5.41, 5.74) is 1.37. The fourth-order valence-electron chi connectivity index (χ4n) is 1.81. The van der Waals surface area contributed by atoms with Gasteiger partial charge in [-0.3, -0.25) is 0 Å². The van der Waals surface area contributed by atoms with E-state index in [9.17, 15) is 9.50 Å². The largest absolute Gasteiger partial charge is 0.508 e. The van der Waals surface area contributed by atoms with Crippen LogP contribution in [0, 0.1) is 12.7 Å². The van der Waals surface area contributed by atoms with Crippen molar-refractivity contribution in [3.05, 3.63) is 52.3 Å². The molecule has 0 spiro atoms. The third-order valence-electron chi connectivity index (χ3n) is 2.87. The zero-order valence-corrected chi connectivity index (χ0v) is 12.0. The van der Waals surface area contributed by atoms with Crippen LogP contribution in [0.2, 0.25) is 5.02 Å². The zero-order chi connectivity index (χ0) is 14.7. The topological polar surface area (TPSA) is 41.5 Å². The van der Waals surface area contributed by atoms with Gasteiger partial charge in [0, 0.05) is 18.2 Å². The first-order chi connectivity index (χ1) is 9.51. The molecule has 2 aromatic carbocycles. The summed E-state index contributed by atoms with van der Waals surface area (Å²) in [7, 11) is 1.76. The van der Waals surface area contributed by atoms with E-state index in [1.807, 2.05) is 0 Å². The van der Waals surface area contributed by atoms with Crippen LogP contribution in [0.25, 0.3) is 0 Å². The van der Waals surface area contributed by atoms with E-state index >= 15 is 0 Å². The van der Waals surface area contributed by atoms with Crippen LogP contribution in [0.15, 0.2) is 30.3 Å². The normalized spacial score (nSPS) is 10.6. The van der Waals surface area contributed by atoms with Gasteiger partial charge in [0.15, 0.2) is 0 Å². The van der Waals surface area contributed by atoms with Crippen LogP contribution in [0.3, 0.4) is 0 Å². The number of nitrogens with one attached hydrogen (secondary N) is 1. The average Bonchev–Trinajstić information content (AvgIpc) is 2.40. The lowest BCUT2D eigenvalue weighted by Gasteiger charge is -2.13. The van der Waals surface area contributed by atoms with Crippen LogP contribution in [-0.2, 0) is 6.54 Å². The molecule has 5 heteroatoms. The van der Waals surface area contributed by atoms with Crippen LogP contribution in [-0.4, -0.2) is 12.2 Å². The number of benzene rings is 2. The van der Waals surface area contributed by atoms with Gasteiger partial charge in [0.05, 0.1) is 5.02 Å². The Morgan fingerprint density at radius 1 is 1.30 bits per heavy atom. The Morgan fingerprint density at radius 3 is 2.70 bits per heavy atom. The van der Waals surface area contributed by atoms with Crippen LogP contribution in [0.4, 0.5) is 4.39 Å². The van der Waals surface area contributed by atoms with Gasteiger partial charge in [-0.2, -0.15) is 0 Å². The van der Waals surface area contributed by atoms with Crippen molar-refractivity contribution in [2.45, 2.75) is 13.5 Å². The summed E-state index contributed by atoms with van der Waals surface area (Å²) in [6.07, 6.45) is 0. The molecule has 106 valence electrons. The highest BCUT2D eigenvalue weighted by atomic mass is 35.5. The SMILES string of the molecule is CNCc1cc(F)c(Cl)cc1Oc1ccc(O)c(C)c1. The summed E-state index contributed by atoms with van der Waals surface area (Å²) in [6.45, 7) is 2.23. The molecule has 3 nitrogen and oxygen atoms in total. The highest BCUT2D eigenvalue weighted by Crippen LogP contribution is 2.32. The monoisotopic (exact) mass is 295 g/mol. The second-order valence-corrected chi connectivity index (χ2v) is 4.86. The predicted molar refractivity (Wildman–Crippen MR) is 77.1 cm³/mol. The van der Waals surface area contributed by atoms with Crippen LogP contribution in [0.1, 0.15) is 11.1 Å². The molecule has 0 aliphatic carbocycles. The standard InChI is InChI=1S/C15H15ClFNO2/c1-9-5-11(3-4-14(9)19)20-15-7-12(16)13(17)6-10(15)8-18-2/h3-7,18-19H,8H2,1-2H3. The third-order valence-corrected chi connectivity index (χ3v) is 3.16. The lowest BCUT2D eigenvalue weighted by atomic mass is 10.2. The van der Waals surface area contributed by atoms with Gasteiger partial charge in [-0.05, 0) is 43.8 Å². The van der Waals surface area contributed by atoms with Crippen molar-refractivity contribution in [1.82, 2.24) is 5.32 Å². The van der Waals surface area contributed by atoms with Crippen molar-refractivity contribution in [1.29, 1.82) is 0 Å². The van der Waals surface area contributed by atoms with Crippen molar-refractivity contribution >= 4 is 11.6 Å². The van der Waals surface area contributed by atoms with Crippen molar-refractivity contribution < 1.29 is 14.2 Å². The van der Waals surface area contributed by atoms with Gasteiger partial charge in [0.2, 0.25) is 0 Å². The lowest BCUT2D eigenvalue weighted by molar-refractivity contribution is 0.456. The second-order valence-electron chi connectivity index (χ2n) is 4.45. The summed E-state index contributed by atoms with van der Waals surface area (Å²) in [5.74, 6) is 0.757. The van der Waals surface area contributed by atoms with Gasteiger partial charge in [-0.15, -0.1) is 0 Å². The molecule has 0 aliphatic rings. The maximum absolute atomic E-state index is 13.5. The lowest BCUT2D eigenvalue weighted by Crippen LogP contribution is -2.07. The molecular weight excluding hydrogens is 281 g/mol. The number of aryl methyl sites for hydroxylation is 1. The van der Waals surface area contributed by atoms with E-state index in [0.717, 1.165) is 0 Å². The Hall–Kier alpha value is -1.78. The summed E-state index contributed by atoms with van der Waals surface area (Å²) in [5, 5.41) is 12.5. The maximum Gasteiger partial charge on any atom is 0.142 e. The van der Waals surface area contributed by atoms with Gasteiger partial charge >= 0.3 is 0 Å². The zero-order valence-electron chi connectivity index (χ0n) is 11.2. The van der Waals surface area contributed by atoms with Crippen molar-refractivity contribution in [3.8, 4) is 17.2 Å². The number of halogens is 2. The number of hydrogen-bond donors (Lipinski definition) is 2. The van der Waals surface area contributed by atoms with Crippen LogP contribution < -0.4 is 10.1 Å². The Morgan fingerprint density at radius 2 is 2.05 bits per heavy atom. The number of ether oxygens (including phenoxy) is 1. The van der Waals surface area contributed by atoms with Gasteiger partial charge in [-0.25, -0.2) is 4.39 Å². The van der Waals surface area contributed by atoms with E-state index in [1.165, 1.54) is 12.1 Å². The van der Waals surface area contributed by atoms with Gasteiger partial charge in [0.1, 0.15) is 23.1 Å². The molecule has 0 saturated carbocycles. The first-order valence-electron chi connectivity index (χ1n) is 6.11. The van der Waals surface area contributed by atoms with Crippen LogP contribution in [0.5, 0.6) is 17.2 Å². The molecular formula is C15H15ClFNO2. The highest BCUT2D eigenvalue weighted by molar-refractivity contribution is 6.30. The molecule has 0 aromatic heterocycles. The summed E-state index contributed by atoms with van der Waals surface area (Å²) in [4.78, 5) is 0. The molecule has 0 bridgehead atoms. The molecule has 0 aliphatic heterocycles. The molecule has 2 rings (SSSR count). The maximum atomic E-state index is 13.5. The quantitative estimate of drug-likeness (QED) is 0.895. The third kappa shape index (κ3) is 3.21. The number of phenolic OH excluding ortho intramolecular Hbond substituents is 1. The first kappa shape index (κ1) is 14.6. The van der Waals surface area contributed by atoms with E-state index in [0.29, 0.717) is 29.2 Å². The first-order valence-corrected chi connectivity index (χ1v) is 6.49. The fourth-order valence-corrected chi connectivity index (χ4v) is 1.97. The van der Waals surface area contributed by atoms with Crippen molar-refractivity contribution in [2.24, 2.45) is 0 Å². The van der Waals surface area contributed by atoms with E-state index < -0.39 is 5.82 Å². The molecule has 20 heavy (non-hydrogen) atoms. The summed E-state index contributed by atoms with van der Waals surface area (Å²) >= 11 is 5.79. The Balaban J connectivity index is 2.36. The molecule has 0 unspecified atom stereocenters. The van der Waals surface area contributed by atoms with Crippen molar-refractivity contribution in [3.63, 3.8) is 0 Å². The fraction of sp³-hybridized carbons (Fsp3) is 0.200. The molecule has 0 atom stereocenters. The predicted octanol–water partition coefficient (Wildman–Crippen LogP) is 4.00. The van der Waals surface area contributed by atoms with E-state index in [2.05, 4.69) is 5.32 Å². The molecule has 0 amide bonds. The van der Waals surface area contributed by atoms with Gasteiger partial charge in [0.25, 0.3) is 0 Å². The van der Waals surface area contributed by atoms with Gasteiger partial charge < -0.3 is 15.2 Å². The second kappa shape index (κ2) is 6.11. The minimum atomic E-state index is -0.480. The Labute approximate surface area is 122 Å². The minimum Gasteiger partial charge on any atom is -0.508 e. The van der Waals surface area contributed by atoms with E-state index in [4.69, 9.17) is 16.3 Å². The summed E-state index contributed by atoms with van der Waals surface area (Å²) in [6, 6.07) is 7.69. The molecule has 2 N–H and O–H groups in total. The summed E-state index contributed by atoms with van der Waals surface area (Å²) < 4.78 is 19.2.